The Balaban J connectivity index is 2.23. The lowest BCUT2D eigenvalue weighted by atomic mass is 10.1. The van der Waals surface area contributed by atoms with E-state index in [1.807, 2.05) is 13.8 Å². The molecule has 0 aliphatic heterocycles. The van der Waals surface area contributed by atoms with Crippen LogP contribution in [0.2, 0.25) is 10.0 Å². The summed E-state index contributed by atoms with van der Waals surface area (Å²) in [5, 5.41) is 3.66. The van der Waals surface area contributed by atoms with Crippen molar-refractivity contribution < 1.29 is 22.7 Å². The second-order valence-electron chi connectivity index (χ2n) is 8.87. The van der Waals surface area contributed by atoms with Gasteiger partial charge in [-0.2, -0.15) is 0 Å². The van der Waals surface area contributed by atoms with Gasteiger partial charge in [-0.25, -0.2) is 8.42 Å². The molecule has 11 heteroatoms. The first-order chi connectivity index (χ1) is 17.4. The number of hydrogen-bond acceptors (Lipinski definition) is 5. The third-order valence-electron chi connectivity index (χ3n) is 6.01. The Hall–Kier alpha value is -2.49. The lowest BCUT2D eigenvalue weighted by Crippen LogP contribution is -2.49. The lowest BCUT2D eigenvalue weighted by molar-refractivity contribution is -0.140. The maximum atomic E-state index is 13.4. The van der Waals surface area contributed by atoms with E-state index in [0.29, 0.717) is 21.5 Å². The first-order valence-electron chi connectivity index (χ1n) is 12.0. The lowest BCUT2D eigenvalue weighted by Gasteiger charge is -2.30. The summed E-state index contributed by atoms with van der Waals surface area (Å²) in [6.45, 7) is 5.74. The Morgan fingerprint density at radius 3 is 2.35 bits per heavy atom. The van der Waals surface area contributed by atoms with Crippen molar-refractivity contribution in [2.45, 2.75) is 58.7 Å². The number of anilines is 1. The Morgan fingerprint density at radius 1 is 1.08 bits per heavy atom. The molecule has 0 unspecified atom stereocenters. The van der Waals surface area contributed by atoms with Crippen LogP contribution >= 0.6 is 23.2 Å². The Kier molecular flexibility index (Phi) is 11.5. The van der Waals surface area contributed by atoms with Gasteiger partial charge in [-0.1, -0.05) is 48.3 Å². The quantitative estimate of drug-likeness (QED) is 0.369. The molecule has 2 aromatic rings. The van der Waals surface area contributed by atoms with Crippen molar-refractivity contribution in [1.29, 1.82) is 0 Å². The second kappa shape index (κ2) is 13.9. The summed E-state index contributed by atoms with van der Waals surface area (Å²) in [6.07, 6.45) is 2.13. The van der Waals surface area contributed by atoms with Crippen molar-refractivity contribution in [3.63, 3.8) is 0 Å². The number of rotatable bonds is 13. The molecule has 0 spiro atoms. The third-order valence-corrected chi connectivity index (χ3v) is 7.93. The van der Waals surface area contributed by atoms with Crippen molar-refractivity contribution in [2.75, 3.05) is 24.2 Å². The summed E-state index contributed by atoms with van der Waals surface area (Å²) in [5.74, 6) is -0.142. The molecule has 0 saturated heterocycles. The Bertz CT molecular complexity index is 1190. The van der Waals surface area contributed by atoms with E-state index in [1.165, 1.54) is 16.3 Å². The Morgan fingerprint density at radius 2 is 1.76 bits per heavy atom. The molecule has 0 heterocycles. The zero-order valence-corrected chi connectivity index (χ0v) is 24.2. The molecule has 2 amide bonds. The number of amides is 2. The number of nitrogens with zero attached hydrogens (tertiary/aromatic N) is 2. The molecule has 2 rings (SSSR count). The van der Waals surface area contributed by atoms with E-state index < -0.39 is 16.1 Å². The van der Waals surface area contributed by atoms with Crippen molar-refractivity contribution in [1.82, 2.24) is 10.2 Å². The van der Waals surface area contributed by atoms with Crippen LogP contribution in [-0.4, -0.2) is 57.1 Å². The van der Waals surface area contributed by atoms with E-state index >= 15 is 0 Å². The molecule has 0 aliphatic carbocycles. The number of halogens is 2. The van der Waals surface area contributed by atoms with Gasteiger partial charge in [0.05, 0.1) is 29.1 Å². The van der Waals surface area contributed by atoms with Crippen LogP contribution in [0.4, 0.5) is 5.69 Å². The number of sulfonamides is 1. The van der Waals surface area contributed by atoms with Crippen LogP contribution in [0.3, 0.4) is 0 Å². The van der Waals surface area contributed by atoms with Crippen LogP contribution in [-0.2, 0) is 26.2 Å². The first-order valence-corrected chi connectivity index (χ1v) is 14.6. The van der Waals surface area contributed by atoms with E-state index in [0.717, 1.165) is 18.2 Å². The molecule has 8 nitrogen and oxygen atoms in total. The highest BCUT2D eigenvalue weighted by atomic mass is 35.5. The number of carbonyl (C=O) groups excluding carboxylic acids is 2. The monoisotopic (exact) mass is 571 g/mol. The van der Waals surface area contributed by atoms with Crippen LogP contribution in [0.25, 0.3) is 0 Å². The molecular weight excluding hydrogens is 537 g/mol. The summed E-state index contributed by atoms with van der Waals surface area (Å²) in [4.78, 5) is 27.7. The van der Waals surface area contributed by atoms with Crippen molar-refractivity contribution >= 4 is 50.7 Å². The van der Waals surface area contributed by atoms with Gasteiger partial charge in [0, 0.05) is 25.6 Å². The highest BCUT2D eigenvalue weighted by molar-refractivity contribution is 7.92. The average Bonchev–Trinajstić information content (AvgIpc) is 2.85. The van der Waals surface area contributed by atoms with Gasteiger partial charge in [0.1, 0.15) is 11.8 Å². The standard InChI is InChI=1S/C26H35Cl2N3O5S/c1-6-18(2)29-26(33)19(3)30(17-20-13-14-21(27)22(28)16-20)25(32)12-9-15-31(37(5,34)35)23-10-7-8-11-24(23)36-4/h7-8,10-11,13-14,16,18-19H,6,9,12,15,17H2,1-5H3,(H,29,33)/t18-,19+/m1/s1. The van der Waals surface area contributed by atoms with E-state index in [2.05, 4.69) is 5.32 Å². The maximum Gasteiger partial charge on any atom is 0.242 e. The molecule has 1 N–H and O–H groups in total. The first kappa shape index (κ1) is 30.7. The predicted molar refractivity (Wildman–Crippen MR) is 149 cm³/mol. The number of para-hydroxylation sites is 2. The number of methoxy groups -OCH3 is 1. The normalized spacial score (nSPS) is 12.9. The van der Waals surface area contributed by atoms with E-state index in [9.17, 15) is 18.0 Å². The van der Waals surface area contributed by atoms with Crippen LogP contribution in [0.1, 0.15) is 45.6 Å². The van der Waals surface area contributed by atoms with Gasteiger partial charge in [-0.15, -0.1) is 0 Å². The SMILES string of the molecule is CC[C@@H](C)NC(=O)[C@H](C)N(Cc1ccc(Cl)c(Cl)c1)C(=O)CCCN(c1ccccc1OC)S(C)(=O)=O. The topological polar surface area (TPSA) is 96.0 Å². The largest absolute Gasteiger partial charge is 0.495 e. The Labute approximate surface area is 229 Å². The molecule has 204 valence electrons. The minimum absolute atomic E-state index is 0.0312. The highest BCUT2D eigenvalue weighted by Crippen LogP contribution is 2.30. The van der Waals surface area contributed by atoms with E-state index in [4.69, 9.17) is 27.9 Å². The van der Waals surface area contributed by atoms with Gasteiger partial charge in [-0.3, -0.25) is 13.9 Å². The fourth-order valence-electron chi connectivity index (χ4n) is 3.70. The molecule has 2 aromatic carbocycles. The fourth-order valence-corrected chi connectivity index (χ4v) is 4.99. The van der Waals surface area contributed by atoms with Crippen LogP contribution in [0.5, 0.6) is 5.75 Å². The average molecular weight is 573 g/mol. The maximum absolute atomic E-state index is 13.4. The van der Waals surface area contributed by atoms with Crippen LogP contribution < -0.4 is 14.4 Å². The molecule has 0 radical (unpaired) electrons. The molecule has 37 heavy (non-hydrogen) atoms. The zero-order valence-electron chi connectivity index (χ0n) is 21.8. The van der Waals surface area contributed by atoms with Crippen molar-refractivity contribution in [2.24, 2.45) is 0 Å². The van der Waals surface area contributed by atoms with Gasteiger partial charge >= 0.3 is 0 Å². The van der Waals surface area contributed by atoms with Crippen LogP contribution in [0, 0.1) is 0 Å². The fraction of sp³-hybridized carbons (Fsp3) is 0.462. The zero-order chi connectivity index (χ0) is 27.8. The predicted octanol–water partition coefficient (Wildman–Crippen LogP) is 4.88. The smallest absolute Gasteiger partial charge is 0.242 e. The van der Waals surface area contributed by atoms with Gasteiger partial charge < -0.3 is 15.0 Å². The number of hydrogen-bond donors (Lipinski definition) is 1. The van der Waals surface area contributed by atoms with Crippen LogP contribution in [0.15, 0.2) is 42.5 Å². The summed E-state index contributed by atoms with van der Waals surface area (Å²) in [6, 6.07) is 11.1. The number of benzene rings is 2. The summed E-state index contributed by atoms with van der Waals surface area (Å²) < 4.78 is 31.6. The molecule has 2 atom stereocenters. The minimum Gasteiger partial charge on any atom is -0.495 e. The summed E-state index contributed by atoms with van der Waals surface area (Å²) in [7, 11) is -2.17. The molecule has 0 saturated carbocycles. The molecule has 0 fully saturated rings. The third kappa shape index (κ3) is 8.79. The molecular formula is C26H35Cl2N3O5S. The van der Waals surface area contributed by atoms with Crippen molar-refractivity contribution in [3.8, 4) is 5.75 Å². The number of nitrogens with one attached hydrogen (secondary N) is 1. The summed E-state index contributed by atoms with van der Waals surface area (Å²) in [5.41, 5.74) is 1.12. The van der Waals surface area contributed by atoms with Gasteiger partial charge in [0.25, 0.3) is 0 Å². The minimum atomic E-state index is -3.64. The molecule has 0 aliphatic rings. The van der Waals surface area contributed by atoms with Gasteiger partial charge in [0.2, 0.25) is 21.8 Å². The van der Waals surface area contributed by atoms with E-state index in [-0.39, 0.29) is 43.8 Å². The number of carbonyl (C=O) groups is 2. The highest BCUT2D eigenvalue weighted by Gasteiger charge is 2.28. The van der Waals surface area contributed by atoms with Gasteiger partial charge in [0.15, 0.2) is 0 Å². The summed E-state index contributed by atoms with van der Waals surface area (Å²) >= 11 is 12.2. The van der Waals surface area contributed by atoms with Crippen molar-refractivity contribution in [3.05, 3.63) is 58.1 Å². The molecule has 0 bridgehead atoms. The second-order valence-corrected chi connectivity index (χ2v) is 11.6. The number of ether oxygens (including phenoxy) is 1. The van der Waals surface area contributed by atoms with E-state index in [1.54, 1.807) is 49.4 Å². The molecule has 0 aromatic heterocycles. The van der Waals surface area contributed by atoms with Gasteiger partial charge in [-0.05, 0) is 56.5 Å².